The number of benzene rings is 2. The fourth-order valence-corrected chi connectivity index (χ4v) is 3.89. The molecule has 1 aliphatic rings. The minimum Gasteiger partial charge on any atom is -0.349 e. The molecule has 1 fully saturated rings. The molecule has 2 aromatic carbocycles. The third-order valence-electron chi connectivity index (χ3n) is 5.87. The van der Waals surface area contributed by atoms with Gasteiger partial charge in [-0.1, -0.05) is 0 Å². The highest BCUT2D eigenvalue weighted by Gasteiger charge is 2.25. The lowest BCUT2D eigenvalue weighted by Crippen LogP contribution is -2.26. The number of hydrogen-bond donors (Lipinski definition) is 1. The van der Waals surface area contributed by atoms with Gasteiger partial charge >= 0.3 is 0 Å². The van der Waals surface area contributed by atoms with Gasteiger partial charge in [0, 0.05) is 35.7 Å². The van der Waals surface area contributed by atoms with Gasteiger partial charge in [0.1, 0.15) is 23.0 Å². The fraction of sp³-hybridized carbons (Fsp3) is 0.208. The third-order valence-corrected chi connectivity index (χ3v) is 5.87. The van der Waals surface area contributed by atoms with Gasteiger partial charge in [0.15, 0.2) is 5.82 Å². The Labute approximate surface area is 186 Å². The highest BCUT2D eigenvalue weighted by atomic mass is 19.1. The molecule has 6 nitrogen and oxygen atoms in total. The van der Waals surface area contributed by atoms with E-state index in [1.807, 2.05) is 0 Å². The summed E-state index contributed by atoms with van der Waals surface area (Å²) in [5, 5.41) is 7.48. The van der Waals surface area contributed by atoms with E-state index in [0.29, 0.717) is 10.9 Å². The van der Waals surface area contributed by atoms with Gasteiger partial charge in [-0.25, -0.2) is 17.9 Å². The zero-order valence-electron chi connectivity index (χ0n) is 17.8. The Hall–Kier alpha value is -3.88. The number of rotatable bonds is 4. The predicted molar refractivity (Wildman–Crippen MR) is 117 cm³/mol. The molecule has 0 aliphatic heterocycles. The van der Waals surface area contributed by atoms with Crippen LogP contribution in [0.25, 0.3) is 27.8 Å². The van der Waals surface area contributed by atoms with E-state index >= 15 is 0 Å². The van der Waals surface area contributed by atoms with Crippen LogP contribution in [0.3, 0.4) is 0 Å². The molecule has 0 unspecified atom stereocenters. The van der Waals surface area contributed by atoms with Crippen LogP contribution in [-0.4, -0.2) is 26.3 Å². The zero-order valence-corrected chi connectivity index (χ0v) is 17.8. The summed E-state index contributed by atoms with van der Waals surface area (Å²) in [5.41, 5.74) is 0.623. The van der Waals surface area contributed by atoms with E-state index in [-0.39, 0.29) is 34.1 Å². The molecular weight excluding hydrogens is 433 g/mol. The Balaban J connectivity index is 1.67. The number of nitrogens with one attached hydrogen (secondary N) is 1. The molecule has 1 N–H and O–H groups in total. The van der Waals surface area contributed by atoms with Crippen molar-refractivity contribution < 1.29 is 18.0 Å². The number of aromatic nitrogens is 3. The zero-order chi connectivity index (χ0) is 23.4. The number of hydrogen-bond acceptors (Lipinski definition) is 3. The summed E-state index contributed by atoms with van der Waals surface area (Å²) in [7, 11) is 1.49. The molecule has 1 saturated carbocycles. The van der Waals surface area contributed by atoms with E-state index in [1.165, 1.54) is 47.6 Å². The van der Waals surface area contributed by atoms with E-state index in [0.717, 1.165) is 31.0 Å². The Morgan fingerprint density at radius 1 is 1.06 bits per heavy atom. The first kappa shape index (κ1) is 21.0. The summed E-state index contributed by atoms with van der Waals surface area (Å²) < 4.78 is 44.9. The van der Waals surface area contributed by atoms with Crippen LogP contribution in [0.1, 0.15) is 28.8 Å². The minimum absolute atomic E-state index is 0.0184. The lowest BCUT2D eigenvalue weighted by atomic mass is 9.97. The first-order valence-electron chi connectivity index (χ1n) is 10.4. The number of carbonyl (C=O) groups excluding carboxylic acids is 1. The normalized spacial score (nSPS) is 13.5. The standard InChI is InChI=1S/C24H19F3N4O2/c1-12-17(7-13(9-19(12)26)22(32)29-16-4-5-16)18-8-14-11-28-31(23(14)30(2)24(18)33)21-6-3-15(25)10-20(21)27/h3,6-11,16H,4-5H2,1-2H3,(H,29,32). The smallest absolute Gasteiger partial charge is 0.259 e. The summed E-state index contributed by atoms with van der Waals surface area (Å²) >= 11 is 0. The number of nitrogens with zero attached hydrogens (tertiary/aromatic N) is 3. The summed E-state index contributed by atoms with van der Waals surface area (Å²) in [6.45, 7) is 1.54. The number of fused-ring (bicyclic) bond motifs is 1. The second-order valence-corrected chi connectivity index (χ2v) is 8.23. The van der Waals surface area contributed by atoms with Crippen LogP contribution in [0, 0.1) is 24.4 Å². The Morgan fingerprint density at radius 2 is 1.82 bits per heavy atom. The molecule has 168 valence electrons. The number of carbonyl (C=O) groups is 1. The maximum atomic E-state index is 14.7. The molecule has 1 amide bonds. The summed E-state index contributed by atoms with van der Waals surface area (Å²) in [6, 6.07) is 7.37. The fourth-order valence-electron chi connectivity index (χ4n) is 3.89. The molecule has 9 heteroatoms. The summed E-state index contributed by atoms with van der Waals surface area (Å²) in [6.07, 6.45) is 3.22. The molecule has 1 aliphatic carbocycles. The maximum absolute atomic E-state index is 14.7. The average molecular weight is 452 g/mol. The Morgan fingerprint density at radius 3 is 2.52 bits per heavy atom. The number of aryl methyl sites for hydroxylation is 1. The number of halogens is 3. The molecule has 5 rings (SSSR count). The first-order chi connectivity index (χ1) is 15.7. The second-order valence-electron chi connectivity index (χ2n) is 8.23. The highest BCUT2D eigenvalue weighted by molar-refractivity contribution is 5.96. The highest BCUT2D eigenvalue weighted by Crippen LogP contribution is 2.29. The lowest BCUT2D eigenvalue weighted by molar-refractivity contribution is 0.0950. The van der Waals surface area contributed by atoms with Gasteiger partial charge in [0.2, 0.25) is 0 Å². The quantitative estimate of drug-likeness (QED) is 0.509. The van der Waals surface area contributed by atoms with Crippen LogP contribution in [0.4, 0.5) is 13.2 Å². The summed E-state index contributed by atoms with van der Waals surface area (Å²) in [4.78, 5) is 25.8. The van der Waals surface area contributed by atoms with Gasteiger partial charge in [-0.05, 0) is 61.2 Å². The summed E-state index contributed by atoms with van der Waals surface area (Å²) in [5.74, 6) is -2.55. The first-order valence-corrected chi connectivity index (χ1v) is 10.4. The van der Waals surface area contributed by atoms with Crippen LogP contribution < -0.4 is 10.9 Å². The molecule has 0 radical (unpaired) electrons. The molecule has 4 aromatic rings. The predicted octanol–water partition coefficient (Wildman–Crippen LogP) is 4.01. The van der Waals surface area contributed by atoms with Crippen LogP contribution in [-0.2, 0) is 7.05 Å². The van der Waals surface area contributed by atoms with Gasteiger partial charge in [0.05, 0.1) is 6.20 Å². The average Bonchev–Trinajstić information content (AvgIpc) is 3.49. The minimum atomic E-state index is -0.830. The van der Waals surface area contributed by atoms with Gasteiger partial charge < -0.3 is 5.32 Å². The van der Waals surface area contributed by atoms with Crippen molar-refractivity contribution >= 4 is 16.9 Å². The van der Waals surface area contributed by atoms with Crippen molar-refractivity contribution in [3.8, 4) is 16.8 Å². The van der Waals surface area contributed by atoms with Crippen molar-refractivity contribution in [2.24, 2.45) is 7.05 Å². The molecule has 0 bridgehead atoms. The van der Waals surface area contributed by atoms with Gasteiger partial charge in [-0.2, -0.15) is 5.10 Å². The van der Waals surface area contributed by atoms with E-state index in [9.17, 15) is 22.8 Å². The largest absolute Gasteiger partial charge is 0.349 e. The SMILES string of the molecule is Cc1c(F)cc(C(=O)NC2CC2)cc1-c1cc2cnn(-c3ccc(F)cc3F)c2n(C)c1=O. The lowest BCUT2D eigenvalue weighted by Gasteiger charge is -2.13. The molecule has 0 saturated heterocycles. The molecule has 2 heterocycles. The topological polar surface area (TPSA) is 68.9 Å². The van der Waals surface area contributed by atoms with Crippen LogP contribution in [0.5, 0.6) is 0 Å². The van der Waals surface area contributed by atoms with Crippen LogP contribution in [0.2, 0.25) is 0 Å². The van der Waals surface area contributed by atoms with Crippen molar-refractivity contribution in [1.29, 1.82) is 0 Å². The van der Waals surface area contributed by atoms with Crippen molar-refractivity contribution in [2.75, 3.05) is 0 Å². The van der Waals surface area contributed by atoms with Crippen LogP contribution in [0.15, 0.2) is 47.4 Å². The number of amides is 1. The van der Waals surface area contributed by atoms with Crippen molar-refractivity contribution in [3.63, 3.8) is 0 Å². The Kier molecular flexibility index (Phi) is 4.84. The molecule has 33 heavy (non-hydrogen) atoms. The Bertz CT molecular complexity index is 1500. The van der Waals surface area contributed by atoms with Crippen LogP contribution >= 0.6 is 0 Å². The number of pyridine rings is 1. The molecular formula is C24H19F3N4O2. The maximum Gasteiger partial charge on any atom is 0.259 e. The van der Waals surface area contributed by atoms with E-state index in [4.69, 9.17) is 0 Å². The van der Waals surface area contributed by atoms with E-state index in [2.05, 4.69) is 10.4 Å². The molecule has 0 atom stereocenters. The van der Waals surface area contributed by atoms with Crippen molar-refractivity contribution in [2.45, 2.75) is 25.8 Å². The third kappa shape index (κ3) is 3.59. The van der Waals surface area contributed by atoms with Gasteiger partial charge in [-0.3, -0.25) is 14.2 Å². The molecule has 0 spiro atoms. The van der Waals surface area contributed by atoms with E-state index in [1.54, 1.807) is 0 Å². The van der Waals surface area contributed by atoms with Crippen molar-refractivity contribution in [3.05, 3.63) is 81.5 Å². The second kappa shape index (κ2) is 7.61. The van der Waals surface area contributed by atoms with Gasteiger partial charge in [-0.15, -0.1) is 0 Å². The van der Waals surface area contributed by atoms with Crippen molar-refractivity contribution in [1.82, 2.24) is 19.7 Å². The van der Waals surface area contributed by atoms with E-state index < -0.39 is 28.9 Å². The molecule has 2 aromatic heterocycles. The monoisotopic (exact) mass is 452 g/mol. The van der Waals surface area contributed by atoms with Gasteiger partial charge in [0.25, 0.3) is 11.5 Å².